The van der Waals surface area contributed by atoms with Crippen LogP contribution in [0, 0.1) is 55.8 Å². The lowest BCUT2D eigenvalue weighted by molar-refractivity contribution is -0.00508. The molecule has 360 valence electrons. The van der Waals surface area contributed by atoms with Crippen molar-refractivity contribution in [1.82, 2.24) is 8.80 Å². The van der Waals surface area contributed by atoms with Gasteiger partial charge < -0.3 is 8.80 Å². The SMILES string of the molecule is Cc1cc(C)c(-c2cc3c4cc5c(cc4n4c6cc(C#N)c7c(c6c(c2)c34)C2c3ccccc3C7c3ccccc32)c2cc(C34CC6CC(CC(C6)C3)C4)cc3c4cc6c(cc4n5c32)C(=O)C2CCC6CC2)c(C)c1. The summed E-state index contributed by atoms with van der Waals surface area (Å²) in [6.07, 6.45) is 12.5. The quantitative estimate of drug-likeness (QED) is 0.173. The molecule has 12 aromatic rings. The van der Waals surface area contributed by atoms with E-state index in [2.05, 4.69) is 151 Å². The Morgan fingerprint density at radius 3 is 1.63 bits per heavy atom. The molecule has 8 bridgehead atoms. The molecular formula is C71H55N3O. The van der Waals surface area contributed by atoms with Gasteiger partial charge in [0, 0.05) is 66.4 Å². The molecule has 22 rings (SSSR count). The molecule has 0 aliphatic heterocycles. The van der Waals surface area contributed by atoms with Crippen LogP contribution in [0.2, 0.25) is 0 Å². The third-order valence-corrected chi connectivity index (χ3v) is 21.8. The zero-order valence-electron chi connectivity index (χ0n) is 42.8. The number of nitrogens with zero attached hydrogens (tertiary/aromatic N) is 3. The van der Waals surface area contributed by atoms with Gasteiger partial charge in [-0.2, -0.15) is 5.26 Å². The number of carbonyl (C=O) groups excluding carboxylic acids is 1. The van der Waals surface area contributed by atoms with Gasteiger partial charge in [-0.25, -0.2) is 0 Å². The highest BCUT2D eigenvalue weighted by molar-refractivity contribution is 6.30. The second-order valence-corrected chi connectivity index (χ2v) is 25.6. The van der Waals surface area contributed by atoms with Crippen LogP contribution in [-0.2, 0) is 5.41 Å². The molecule has 5 saturated carbocycles. The Morgan fingerprint density at radius 1 is 0.520 bits per heavy atom. The van der Waals surface area contributed by atoms with Gasteiger partial charge in [0.15, 0.2) is 5.78 Å². The summed E-state index contributed by atoms with van der Waals surface area (Å²) < 4.78 is 5.17. The average molecular weight is 966 g/mol. The van der Waals surface area contributed by atoms with Crippen molar-refractivity contribution in [3.63, 3.8) is 0 Å². The van der Waals surface area contributed by atoms with Gasteiger partial charge in [0.05, 0.1) is 44.7 Å². The van der Waals surface area contributed by atoms with E-state index in [1.54, 1.807) is 5.56 Å². The maximum Gasteiger partial charge on any atom is 0.166 e. The number of ketones is 1. The van der Waals surface area contributed by atoms with Crippen LogP contribution in [0.4, 0.5) is 0 Å². The summed E-state index contributed by atoms with van der Waals surface area (Å²) in [5, 5.41) is 21.8. The molecule has 10 aliphatic carbocycles. The predicted molar refractivity (Wildman–Crippen MR) is 304 cm³/mol. The van der Waals surface area contributed by atoms with E-state index in [0.29, 0.717) is 11.7 Å². The van der Waals surface area contributed by atoms with Crippen molar-refractivity contribution in [2.24, 2.45) is 23.7 Å². The summed E-state index contributed by atoms with van der Waals surface area (Å²) in [6, 6.07) is 48.2. The van der Waals surface area contributed by atoms with Crippen molar-refractivity contribution in [3.05, 3.63) is 188 Å². The maximum absolute atomic E-state index is 14.6. The van der Waals surface area contributed by atoms with Crippen molar-refractivity contribution in [3.8, 4) is 17.2 Å². The van der Waals surface area contributed by atoms with E-state index in [1.807, 2.05) is 0 Å². The van der Waals surface area contributed by atoms with Crippen LogP contribution in [0.25, 0.3) is 87.3 Å². The van der Waals surface area contributed by atoms with Crippen LogP contribution >= 0.6 is 0 Å². The molecule has 0 atom stereocenters. The van der Waals surface area contributed by atoms with Crippen molar-refractivity contribution in [2.45, 2.75) is 108 Å². The number of fused-ring (bicyclic) bond motifs is 14. The van der Waals surface area contributed by atoms with E-state index in [4.69, 9.17) is 0 Å². The van der Waals surface area contributed by atoms with Crippen molar-refractivity contribution < 1.29 is 4.79 Å². The average Bonchev–Trinajstić information content (AvgIpc) is 4.09. The van der Waals surface area contributed by atoms with E-state index < -0.39 is 0 Å². The van der Waals surface area contributed by atoms with Gasteiger partial charge >= 0.3 is 0 Å². The molecular weight excluding hydrogens is 911 g/mol. The molecule has 4 heterocycles. The smallest absolute Gasteiger partial charge is 0.166 e. The largest absolute Gasteiger partial charge is 0.308 e. The Morgan fingerprint density at radius 2 is 1.03 bits per heavy atom. The minimum Gasteiger partial charge on any atom is -0.308 e. The van der Waals surface area contributed by atoms with Gasteiger partial charge in [0.2, 0.25) is 0 Å². The molecule has 4 nitrogen and oxygen atoms in total. The summed E-state index contributed by atoms with van der Waals surface area (Å²) in [6.45, 7) is 6.78. The molecule has 0 spiro atoms. The van der Waals surface area contributed by atoms with E-state index in [9.17, 15) is 10.1 Å². The highest BCUT2D eigenvalue weighted by Gasteiger charge is 2.52. The molecule has 75 heavy (non-hydrogen) atoms. The van der Waals surface area contributed by atoms with E-state index in [-0.39, 0.29) is 23.2 Å². The molecule has 0 N–H and O–H groups in total. The molecule has 8 aromatic carbocycles. The fourth-order valence-electron chi connectivity index (χ4n) is 19.6. The first kappa shape index (κ1) is 40.9. The molecule has 0 amide bonds. The van der Waals surface area contributed by atoms with Crippen molar-refractivity contribution in [1.29, 1.82) is 5.26 Å². The Labute approximate surface area is 435 Å². The van der Waals surface area contributed by atoms with Crippen molar-refractivity contribution >= 4 is 82.0 Å². The fourth-order valence-corrected chi connectivity index (χ4v) is 19.6. The number of Topliss-reactive ketones (excluding diaryl/α,β-unsaturated/α-hetero) is 1. The minimum absolute atomic E-state index is 0.00806. The van der Waals surface area contributed by atoms with Gasteiger partial charge in [0.25, 0.3) is 0 Å². The highest BCUT2D eigenvalue weighted by Crippen LogP contribution is 2.63. The van der Waals surface area contributed by atoms with Gasteiger partial charge in [0.1, 0.15) is 0 Å². The Hall–Kier alpha value is -7.48. The van der Waals surface area contributed by atoms with Gasteiger partial charge in [-0.3, -0.25) is 4.79 Å². The van der Waals surface area contributed by atoms with Crippen LogP contribution in [0.5, 0.6) is 0 Å². The van der Waals surface area contributed by atoms with Gasteiger partial charge in [-0.05, 0) is 235 Å². The Bertz CT molecular complexity index is 4620. The summed E-state index contributed by atoms with van der Waals surface area (Å²) in [5.41, 5.74) is 26.5. The first-order valence-corrected chi connectivity index (χ1v) is 28.5. The number of rotatable bonds is 2. The lowest BCUT2D eigenvalue weighted by Crippen LogP contribution is -2.48. The first-order valence-electron chi connectivity index (χ1n) is 28.5. The van der Waals surface area contributed by atoms with Crippen LogP contribution in [0.1, 0.15) is 159 Å². The van der Waals surface area contributed by atoms with E-state index in [1.165, 1.54) is 176 Å². The van der Waals surface area contributed by atoms with E-state index >= 15 is 0 Å². The molecule has 4 heteroatoms. The van der Waals surface area contributed by atoms with Crippen molar-refractivity contribution in [2.75, 3.05) is 0 Å². The highest BCUT2D eigenvalue weighted by atomic mass is 16.1. The zero-order chi connectivity index (χ0) is 49.2. The second-order valence-electron chi connectivity index (χ2n) is 25.6. The second kappa shape index (κ2) is 13.5. The lowest BCUT2D eigenvalue weighted by atomic mass is 9.48. The van der Waals surface area contributed by atoms with Crippen LogP contribution in [-0.4, -0.2) is 14.6 Å². The van der Waals surface area contributed by atoms with E-state index in [0.717, 1.165) is 60.1 Å². The summed E-state index contributed by atoms with van der Waals surface area (Å²) in [4.78, 5) is 14.6. The fraction of sp³-hybridized carbons (Fsp3) is 0.296. The lowest BCUT2D eigenvalue weighted by Gasteiger charge is -2.57. The molecule has 0 saturated heterocycles. The molecule has 0 unspecified atom stereocenters. The number of aromatic nitrogens is 2. The third-order valence-electron chi connectivity index (χ3n) is 21.8. The monoisotopic (exact) mass is 965 g/mol. The molecule has 5 fully saturated rings. The standard InChI is InChI=1S/C71H55N3O/c1-34-16-35(2)62(36(3)17-34)42-21-53-51-27-58-52(28-59(51)74-61-23-43(33-72)63-64-45-8-4-6-10-47(45)65(48-11-7-5-9-46(48)64)67(63)66(61)57(22-42)69(53)74)55-25-44(71-30-37-18-38(31-71)20-39(19-37)32-71)24-54-50-26-49-40-12-14-41(15-13-40)70(75)56(49)29-60(50)73(58)68(54)55/h4-11,16-17,21-29,37-41,64-65H,12-15,18-20,30-32H2,1-3H3. The number of hydrogen-bond donors (Lipinski definition) is 0. The van der Waals surface area contributed by atoms with Crippen LogP contribution < -0.4 is 0 Å². The molecule has 10 aliphatic rings. The number of carbonyl (C=O) groups is 1. The number of hydrogen-bond acceptors (Lipinski definition) is 2. The Kier molecular flexibility index (Phi) is 7.35. The number of benzene rings is 8. The zero-order valence-corrected chi connectivity index (χ0v) is 42.8. The predicted octanol–water partition coefficient (Wildman–Crippen LogP) is 17.4. The summed E-state index contributed by atoms with van der Waals surface area (Å²) in [5.74, 6) is 3.51. The maximum atomic E-state index is 14.6. The summed E-state index contributed by atoms with van der Waals surface area (Å²) >= 11 is 0. The normalized spacial score (nSPS) is 26.0. The van der Waals surface area contributed by atoms with Crippen LogP contribution in [0.3, 0.4) is 0 Å². The first-order chi connectivity index (χ1) is 36.7. The topological polar surface area (TPSA) is 49.7 Å². The molecule has 0 radical (unpaired) electrons. The summed E-state index contributed by atoms with van der Waals surface area (Å²) in [7, 11) is 0. The van der Waals surface area contributed by atoms with Crippen LogP contribution in [0.15, 0.2) is 115 Å². The number of aryl methyl sites for hydroxylation is 3. The third kappa shape index (κ3) is 4.83. The minimum atomic E-state index is -0.00806. The number of nitriles is 1. The molecule has 4 aromatic heterocycles. The van der Waals surface area contributed by atoms with Gasteiger partial charge in [-0.1, -0.05) is 66.2 Å². The Balaban J connectivity index is 0.979. The van der Waals surface area contributed by atoms with Gasteiger partial charge in [-0.15, -0.1) is 0 Å².